The van der Waals surface area contributed by atoms with Gasteiger partial charge in [-0.2, -0.15) is 4.98 Å². The number of benzene rings is 1. The number of carbonyl (C=O) groups excluding carboxylic acids is 1. The molecule has 2 saturated heterocycles. The van der Waals surface area contributed by atoms with Crippen molar-refractivity contribution in [2.45, 2.75) is 38.5 Å². The molecule has 0 amide bonds. The zero-order chi connectivity index (χ0) is 24.1. The lowest BCUT2D eigenvalue weighted by Gasteiger charge is -2.30. The lowest BCUT2D eigenvalue weighted by atomic mass is 10.1. The second kappa shape index (κ2) is 10.9. The summed E-state index contributed by atoms with van der Waals surface area (Å²) in [7, 11) is 1.57. The van der Waals surface area contributed by atoms with Crippen molar-refractivity contribution in [2.24, 2.45) is 0 Å². The van der Waals surface area contributed by atoms with Crippen molar-refractivity contribution < 1.29 is 19.4 Å². The van der Waals surface area contributed by atoms with Gasteiger partial charge in [0.2, 0.25) is 5.95 Å². The van der Waals surface area contributed by atoms with Crippen molar-refractivity contribution >= 4 is 29.2 Å². The van der Waals surface area contributed by atoms with E-state index >= 15 is 0 Å². The van der Waals surface area contributed by atoms with E-state index in [1.54, 1.807) is 31.2 Å². The molecule has 4 rings (SSSR count). The van der Waals surface area contributed by atoms with Gasteiger partial charge in [0.1, 0.15) is 17.3 Å². The van der Waals surface area contributed by atoms with Crippen LogP contribution >= 0.6 is 11.6 Å². The number of rotatable bonds is 9. The van der Waals surface area contributed by atoms with Crippen LogP contribution in [0.4, 0.5) is 11.8 Å². The molecule has 1 aromatic carbocycles. The van der Waals surface area contributed by atoms with Gasteiger partial charge in [-0.3, -0.25) is 9.69 Å². The van der Waals surface area contributed by atoms with Crippen molar-refractivity contribution in [1.29, 1.82) is 0 Å². The summed E-state index contributed by atoms with van der Waals surface area (Å²) in [5.74, 6) is 1.43. The first kappa shape index (κ1) is 24.7. The van der Waals surface area contributed by atoms with Crippen molar-refractivity contribution in [3.63, 3.8) is 0 Å². The van der Waals surface area contributed by atoms with Crippen LogP contribution in [0.5, 0.6) is 5.75 Å². The van der Waals surface area contributed by atoms with Crippen LogP contribution in [0.2, 0.25) is 5.02 Å². The molecule has 2 aliphatic rings. The highest BCUT2D eigenvalue weighted by molar-refractivity contribution is 6.32. The number of ether oxygens (including phenoxy) is 2. The van der Waals surface area contributed by atoms with Crippen molar-refractivity contribution in [1.82, 2.24) is 14.9 Å². The minimum absolute atomic E-state index is 0.0264. The van der Waals surface area contributed by atoms with Crippen LogP contribution in [0.25, 0.3) is 0 Å². The zero-order valence-corrected chi connectivity index (χ0v) is 20.5. The number of nitrogens with zero attached hydrogens (tertiary/aromatic N) is 4. The predicted molar refractivity (Wildman–Crippen MR) is 131 cm³/mol. The molecule has 1 aromatic heterocycles. The van der Waals surface area contributed by atoms with E-state index in [4.69, 9.17) is 21.1 Å². The van der Waals surface area contributed by atoms with Gasteiger partial charge in [-0.1, -0.05) is 17.7 Å². The lowest BCUT2D eigenvalue weighted by molar-refractivity contribution is 0.0370. The van der Waals surface area contributed by atoms with Gasteiger partial charge in [-0.05, 0) is 37.5 Å². The maximum absolute atomic E-state index is 13.1. The zero-order valence-electron chi connectivity index (χ0n) is 19.7. The predicted octanol–water partition coefficient (Wildman–Crippen LogP) is 2.96. The Morgan fingerprint density at radius 2 is 2.12 bits per heavy atom. The average Bonchev–Trinajstić information content (AvgIpc) is 3.20. The van der Waals surface area contributed by atoms with Gasteiger partial charge < -0.3 is 24.8 Å². The van der Waals surface area contributed by atoms with Crippen LogP contribution in [0, 0.1) is 0 Å². The van der Waals surface area contributed by atoms with Crippen LogP contribution in [-0.4, -0.2) is 78.0 Å². The number of nitrogens with one attached hydrogen (secondary N) is 1. The van der Waals surface area contributed by atoms with E-state index in [-0.39, 0.29) is 5.78 Å². The molecule has 0 spiro atoms. The van der Waals surface area contributed by atoms with Gasteiger partial charge in [-0.25, -0.2) is 4.98 Å². The summed E-state index contributed by atoms with van der Waals surface area (Å²) in [5, 5.41) is 14.5. The molecular weight excluding hydrogens is 458 g/mol. The highest BCUT2D eigenvalue weighted by Gasteiger charge is 2.36. The third-order valence-corrected chi connectivity index (χ3v) is 6.66. The minimum atomic E-state index is -1.01. The fourth-order valence-corrected chi connectivity index (χ4v) is 4.61. The minimum Gasteiger partial charge on any atom is -0.495 e. The molecule has 0 aliphatic carbocycles. The number of hydrogen-bond acceptors (Lipinski definition) is 9. The molecule has 3 heterocycles. The molecular formula is C24H32ClN5O4. The Balaban J connectivity index is 1.54. The summed E-state index contributed by atoms with van der Waals surface area (Å²) in [6.07, 6.45) is 3.43. The highest BCUT2D eigenvalue weighted by atomic mass is 35.5. The standard InChI is InChI=1S/C24H32ClN5O4/c1-24(32)7-3-8-30(24)23-27-16-18(20(31)6-9-29-10-12-34-13-11-29)22(28-23)26-15-17-4-5-21(33-2)19(25)14-17/h4-5,14,16,32H,3,6-13,15H2,1-2H3,(H,26,27,28). The summed E-state index contributed by atoms with van der Waals surface area (Å²) in [4.78, 5) is 26.3. The van der Waals surface area contributed by atoms with Gasteiger partial charge >= 0.3 is 0 Å². The fourth-order valence-electron chi connectivity index (χ4n) is 4.33. The van der Waals surface area contributed by atoms with E-state index in [1.807, 2.05) is 12.1 Å². The number of methoxy groups -OCH3 is 1. The molecule has 1 atom stereocenters. The summed E-state index contributed by atoms with van der Waals surface area (Å²) in [6, 6.07) is 5.53. The fraction of sp³-hybridized carbons (Fsp3) is 0.542. The third-order valence-electron chi connectivity index (χ3n) is 6.37. The number of hydrogen-bond donors (Lipinski definition) is 2. The molecule has 0 radical (unpaired) electrons. The normalized spacial score (nSPS) is 21.0. The number of aromatic nitrogens is 2. The average molecular weight is 490 g/mol. The molecule has 34 heavy (non-hydrogen) atoms. The Morgan fingerprint density at radius 3 is 2.79 bits per heavy atom. The van der Waals surface area contributed by atoms with Crippen molar-refractivity contribution in [3.05, 3.63) is 40.5 Å². The lowest BCUT2D eigenvalue weighted by Crippen LogP contribution is -2.42. The molecule has 10 heteroatoms. The number of halogens is 1. The Morgan fingerprint density at radius 1 is 1.32 bits per heavy atom. The molecule has 1 unspecified atom stereocenters. The largest absolute Gasteiger partial charge is 0.495 e. The van der Waals surface area contributed by atoms with Crippen LogP contribution in [0.15, 0.2) is 24.4 Å². The van der Waals surface area contributed by atoms with E-state index in [2.05, 4.69) is 20.2 Å². The van der Waals surface area contributed by atoms with E-state index in [1.165, 1.54) is 0 Å². The first-order chi connectivity index (χ1) is 16.4. The second-order valence-corrected chi connectivity index (χ2v) is 9.26. The van der Waals surface area contributed by atoms with Crippen LogP contribution in [0.1, 0.15) is 42.1 Å². The van der Waals surface area contributed by atoms with Crippen LogP contribution in [0.3, 0.4) is 0 Å². The first-order valence-electron chi connectivity index (χ1n) is 11.6. The maximum atomic E-state index is 13.1. The molecule has 2 fully saturated rings. The topological polar surface area (TPSA) is 100 Å². The van der Waals surface area contributed by atoms with Crippen molar-refractivity contribution in [3.8, 4) is 5.75 Å². The van der Waals surface area contributed by atoms with E-state index < -0.39 is 5.72 Å². The Labute approximate surface area is 205 Å². The number of morpholine rings is 1. The smallest absolute Gasteiger partial charge is 0.229 e. The van der Waals surface area contributed by atoms with Crippen LogP contribution in [-0.2, 0) is 11.3 Å². The van der Waals surface area contributed by atoms with Gasteiger partial charge in [0.25, 0.3) is 0 Å². The molecule has 184 valence electrons. The van der Waals surface area contributed by atoms with Crippen LogP contribution < -0.4 is 15.0 Å². The quantitative estimate of drug-likeness (QED) is 0.515. The molecule has 0 saturated carbocycles. The number of ketones is 1. The van der Waals surface area contributed by atoms with E-state index in [0.717, 1.165) is 25.1 Å². The highest BCUT2D eigenvalue weighted by Crippen LogP contribution is 2.31. The summed E-state index contributed by atoms with van der Waals surface area (Å²) < 4.78 is 10.6. The Kier molecular flexibility index (Phi) is 7.88. The number of aliphatic hydroxyl groups is 1. The molecule has 9 nitrogen and oxygen atoms in total. The maximum Gasteiger partial charge on any atom is 0.229 e. The monoisotopic (exact) mass is 489 g/mol. The molecule has 2 aromatic rings. The van der Waals surface area contributed by atoms with Crippen molar-refractivity contribution in [2.75, 3.05) is 56.7 Å². The van der Waals surface area contributed by atoms with Gasteiger partial charge in [-0.15, -0.1) is 0 Å². The summed E-state index contributed by atoms with van der Waals surface area (Å²) in [6.45, 7) is 6.55. The van der Waals surface area contributed by atoms with Gasteiger partial charge in [0, 0.05) is 45.3 Å². The summed E-state index contributed by atoms with van der Waals surface area (Å²) in [5.41, 5.74) is 0.351. The number of Topliss-reactive ketones (excluding diaryl/α,β-unsaturated/α-hetero) is 1. The third kappa shape index (κ3) is 5.78. The molecule has 2 N–H and O–H groups in total. The number of anilines is 2. The Hall–Kier alpha value is -2.46. The van der Waals surface area contributed by atoms with Gasteiger partial charge in [0.15, 0.2) is 5.78 Å². The van der Waals surface area contributed by atoms with E-state index in [0.29, 0.717) is 73.8 Å². The first-order valence-corrected chi connectivity index (χ1v) is 12.0. The van der Waals surface area contributed by atoms with E-state index in [9.17, 15) is 9.90 Å². The molecule has 2 aliphatic heterocycles. The Bertz CT molecular complexity index is 1010. The SMILES string of the molecule is COc1ccc(CNc2nc(N3CCCC3(C)O)ncc2C(=O)CCN2CCOCC2)cc1Cl. The second-order valence-electron chi connectivity index (χ2n) is 8.85. The summed E-state index contributed by atoms with van der Waals surface area (Å²) >= 11 is 6.27. The van der Waals surface area contributed by atoms with Gasteiger partial charge in [0.05, 0.1) is 30.9 Å². The molecule has 0 bridgehead atoms. The number of carbonyl (C=O) groups is 1.